The van der Waals surface area contributed by atoms with E-state index in [1.165, 1.54) is 77.9 Å². The Labute approximate surface area is 369 Å². The van der Waals surface area contributed by atoms with Gasteiger partial charge in [-0.3, -0.25) is 0 Å². The van der Waals surface area contributed by atoms with Crippen molar-refractivity contribution in [3.05, 3.63) is 288 Å². The van der Waals surface area contributed by atoms with Crippen LogP contribution in [0, 0.1) is 0 Å². The predicted octanol–water partition coefficient (Wildman–Crippen LogP) is 16.6. The van der Waals surface area contributed by atoms with Crippen LogP contribution >= 0.6 is 0 Å². The Bertz CT molecular complexity index is 3040. The number of hydrogen-bond donors (Lipinski definition) is 0. The largest absolute Gasteiger partial charge is 0.456 e. The van der Waals surface area contributed by atoms with Crippen molar-refractivity contribution in [3.8, 4) is 44.5 Å². The fraction of sp³-hybridized carbons (Fsp3) is 0.0323. The van der Waals surface area contributed by atoms with Crippen molar-refractivity contribution >= 4 is 21.9 Å². The van der Waals surface area contributed by atoms with Crippen molar-refractivity contribution in [2.75, 3.05) is 0 Å². The lowest BCUT2D eigenvalue weighted by Crippen LogP contribution is -2.03. The lowest BCUT2D eigenvalue weighted by atomic mass is 9.84. The summed E-state index contributed by atoms with van der Waals surface area (Å²) in [5.74, 6) is 0.238. The second kappa shape index (κ2) is 16.8. The van der Waals surface area contributed by atoms with E-state index in [1.54, 1.807) is 0 Å². The molecule has 0 saturated heterocycles. The third kappa shape index (κ3) is 7.67. The van der Waals surface area contributed by atoms with E-state index in [2.05, 4.69) is 255 Å². The van der Waals surface area contributed by atoms with Gasteiger partial charge in [0.25, 0.3) is 0 Å². The number of fused-ring (bicyclic) bond motifs is 3. The van der Waals surface area contributed by atoms with E-state index in [1.807, 2.05) is 0 Å². The van der Waals surface area contributed by atoms with Crippen molar-refractivity contribution in [2.45, 2.75) is 11.8 Å². The molecule has 11 aromatic rings. The van der Waals surface area contributed by atoms with E-state index in [-0.39, 0.29) is 11.8 Å². The Kier molecular flexibility index (Phi) is 10.1. The SMILES string of the molecule is c1ccc(-c2ccc(C(c3ccccc3)c3ccc(-c4ccc5oc6ccc(-c7ccc(C(c8ccccc8)c8ccc(-c9ccccc9)cc8)cc7)cc6c5c4)cc3)cc2)cc1. The number of rotatable bonds is 10. The summed E-state index contributed by atoms with van der Waals surface area (Å²) < 4.78 is 6.40. The normalized spacial score (nSPS) is 12.3. The molecule has 1 nitrogen and oxygen atoms in total. The first-order valence-electron chi connectivity index (χ1n) is 21.8. The molecule has 0 radical (unpaired) electrons. The van der Waals surface area contributed by atoms with Gasteiger partial charge in [0, 0.05) is 22.6 Å². The molecule has 1 heterocycles. The maximum absolute atomic E-state index is 6.40. The van der Waals surface area contributed by atoms with Crippen LogP contribution in [0.1, 0.15) is 45.2 Å². The van der Waals surface area contributed by atoms with E-state index in [4.69, 9.17) is 4.42 Å². The molecule has 1 aromatic heterocycles. The minimum atomic E-state index is 0.119. The van der Waals surface area contributed by atoms with Crippen LogP contribution in [0.15, 0.2) is 259 Å². The van der Waals surface area contributed by atoms with Gasteiger partial charge in [-0.2, -0.15) is 0 Å². The van der Waals surface area contributed by atoms with Crippen molar-refractivity contribution in [1.29, 1.82) is 0 Å². The first-order valence-corrected chi connectivity index (χ1v) is 21.8. The fourth-order valence-electron chi connectivity index (χ4n) is 9.32. The highest BCUT2D eigenvalue weighted by atomic mass is 16.3. The third-order valence-electron chi connectivity index (χ3n) is 12.6. The van der Waals surface area contributed by atoms with Gasteiger partial charge in [-0.1, -0.05) is 231 Å². The molecule has 0 spiro atoms. The number of furan rings is 1. The molecule has 63 heavy (non-hydrogen) atoms. The van der Waals surface area contributed by atoms with Gasteiger partial charge in [-0.05, 0) is 102 Å². The monoisotopic (exact) mass is 804 g/mol. The summed E-state index contributed by atoms with van der Waals surface area (Å²) in [7, 11) is 0. The molecule has 298 valence electrons. The smallest absolute Gasteiger partial charge is 0.135 e. The molecule has 0 amide bonds. The molecule has 10 aromatic carbocycles. The van der Waals surface area contributed by atoms with Gasteiger partial charge in [-0.25, -0.2) is 0 Å². The molecule has 0 aliphatic heterocycles. The van der Waals surface area contributed by atoms with E-state index in [0.717, 1.165) is 21.9 Å². The number of hydrogen-bond acceptors (Lipinski definition) is 1. The fourth-order valence-corrected chi connectivity index (χ4v) is 9.32. The summed E-state index contributed by atoms with van der Waals surface area (Å²) in [6.07, 6.45) is 0. The number of benzene rings is 10. The standard InChI is InChI=1S/C62H44O/c1-5-13-43(14-6-1)45-21-29-51(30-22-45)61(49-17-9-3-10-18-49)53-33-25-47(26-34-53)55-37-39-59-57(41-55)58-42-56(38-40-60(58)63-59)48-27-35-54(36-28-48)62(50-19-11-4-12-20-50)52-31-23-46(24-32-52)44-15-7-2-8-16-44/h1-42,61-62H. The summed E-state index contributed by atoms with van der Waals surface area (Å²) >= 11 is 0. The molecule has 11 rings (SSSR count). The van der Waals surface area contributed by atoms with Gasteiger partial charge in [0.05, 0.1) is 0 Å². The topological polar surface area (TPSA) is 13.1 Å². The van der Waals surface area contributed by atoms with Gasteiger partial charge >= 0.3 is 0 Å². The average molecular weight is 805 g/mol. The van der Waals surface area contributed by atoms with E-state index >= 15 is 0 Å². The molecule has 0 aliphatic carbocycles. The Hall–Kier alpha value is -8.00. The summed E-state index contributed by atoms with van der Waals surface area (Å²) in [5, 5.41) is 2.24. The quantitative estimate of drug-likeness (QED) is 0.126. The zero-order chi connectivity index (χ0) is 42.0. The maximum atomic E-state index is 6.40. The van der Waals surface area contributed by atoms with Gasteiger partial charge in [0.1, 0.15) is 11.2 Å². The highest BCUT2D eigenvalue weighted by Gasteiger charge is 2.19. The van der Waals surface area contributed by atoms with Gasteiger partial charge in [0.15, 0.2) is 0 Å². The first kappa shape index (κ1) is 38.0. The molecule has 0 bridgehead atoms. The van der Waals surface area contributed by atoms with E-state index in [0.29, 0.717) is 0 Å². The summed E-state index contributed by atoms with van der Waals surface area (Å²) in [6, 6.07) is 92.3. The summed E-state index contributed by atoms with van der Waals surface area (Å²) in [4.78, 5) is 0. The summed E-state index contributed by atoms with van der Waals surface area (Å²) in [6.45, 7) is 0. The molecular weight excluding hydrogens is 761 g/mol. The zero-order valence-electron chi connectivity index (χ0n) is 34.8. The molecular formula is C62H44O. The van der Waals surface area contributed by atoms with Gasteiger partial charge in [-0.15, -0.1) is 0 Å². The molecule has 0 aliphatic rings. The van der Waals surface area contributed by atoms with Crippen molar-refractivity contribution in [2.24, 2.45) is 0 Å². The Morgan fingerprint density at radius 1 is 0.206 bits per heavy atom. The van der Waals surface area contributed by atoms with Crippen molar-refractivity contribution < 1.29 is 4.42 Å². The lowest BCUT2D eigenvalue weighted by Gasteiger charge is -2.20. The predicted molar refractivity (Wildman–Crippen MR) is 263 cm³/mol. The highest BCUT2D eigenvalue weighted by molar-refractivity contribution is 6.07. The van der Waals surface area contributed by atoms with Crippen LogP contribution < -0.4 is 0 Å². The Balaban J connectivity index is 0.884. The molecule has 2 atom stereocenters. The minimum Gasteiger partial charge on any atom is -0.456 e. The van der Waals surface area contributed by atoms with E-state index < -0.39 is 0 Å². The van der Waals surface area contributed by atoms with Crippen LogP contribution in [-0.2, 0) is 0 Å². The average Bonchev–Trinajstić information content (AvgIpc) is 3.74. The van der Waals surface area contributed by atoms with Crippen molar-refractivity contribution in [1.82, 2.24) is 0 Å². The maximum Gasteiger partial charge on any atom is 0.135 e. The van der Waals surface area contributed by atoms with Gasteiger partial charge in [0.2, 0.25) is 0 Å². The van der Waals surface area contributed by atoms with Gasteiger partial charge < -0.3 is 4.42 Å². The molecule has 2 unspecified atom stereocenters. The van der Waals surface area contributed by atoms with Crippen molar-refractivity contribution in [3.63, 3.8) is 0 Å². The van der Waals surface area contributed by atoms with Crippen LogP contribution in [0.5, 0.6) is 0 Å². The highest BCUT2D eigenvalue weighted by Crippen LogP contribution is 2.39. The molecule has 0 fully saturated rings. The summed E-state index contributed by atoms with van der Waals surface area (Å²) in [5.41, 5.74) is 19.0. The Morgan fingerprint density at radius 3 is 0.762 bits per heavy atom. The third-order valence-corrected chi connectivity index (χ3v) is 12.6. The zero-order valence-corrected chi connectivity index (χ0v) is 34.8. The van der Waals surface area contributed by atoms with Crippen LogP contribution in [-0.4, -0.2) is 0 Å². The minimum absolute atomic E-state index is 0.119. The first-order chi connectivity index (χ1) is 31.2. The van der Waals surface area contributed by atoms with E-state index in [9.17, 15) is 0 Å². The second-order valence-corrected chi connectivity index (χ2v) is 16.4. The molecule has 1 heteroatoms. The Morgan fingerprint density at radius 2 is 0.444 bits per heavy atom. The van der Waals surface area contributed by atoms with Crippen LogP contribution in [0.4, 0.5) is 0 Å². The molecule has 0 saturated carbocycles. The van der Waals surface area contributed by atoms with Crippen LogP contribution in [0.2, 0.25) is 0 Å². The molecule has 0 N–H and O–H groups in total. The van der Waals surface area contributed by atoms with Crippen LogP contribution in [0.25, 0.3) is 66.4 Å². The second-order valence-electron chi connectivity index (χ2n) is 16.4. The van der Waals surface area contributed by atoms with Crippen LogP contribution in [0.3, 0.4) is 0 Å². The lowest BCUT2D eigenvalue weighted by molar-refractivity contribution is 0.669.